The molecule has 2 rings (SSSR count). The van der Waals surface area contributed by atoms with Gasteiger partial charge in [0.05, 0.1) is 5.69 Å². The number of aromatic nitrogens is 1. The highest BCUT2D eigenvalue weighted by Crippen LogP contribution is 2.18. The predicted octanol–water partition coefficient (Wildman–Crippen LogP) is 2.55. The van der Waals surface area contributed by atoms with Crippen molar-refractivity contribution in [3.05, 3.63) is 42.0 Å². The number of hydrogen-bond acceptors (Lipinski definition) is 4. The van der Waals surface area contributed by atoms with E-state index in [2.05, 4.69) is 26.9 Å². The third kappa shape index (κ3) is 5.59. The van der Waals surface area contributed by atoms with Gasteiger partial charge in [-0.25, -0.2) is 9.37 Å². The van der Waals surface area contributed by atoms with E-state index in [9.17, 15) is 4.39 Å². The summed E-state index contributed by atoms with van der Waals surface area (Å²) in [5.74, 6) is 2.04. The molecule has 0 saturated heterocycles. The van der Waals surface area contributed by atoms with Crippen LogP contribution in [0.3, 0.4) is 0 Å². The fourth-order valence-corrected chi connectivity index (χ4v) is 2.25. The van der Waals surface area contributed by atoms with E-state index in [4.69, 9.17) is 4.42 Å². The van der Waals surface area contributed by atoms with Crippen molar-refractivity contribution in [3.63, 3.8) is 0 Å². The molecule has 0 aliphatic carbocycles. The van der Waals surface area contributed by atoms with E-state index in [-0.39, 0.29) is 5.82 Å². The number of halogens is 1. The molecule has 2 N–H and O–H groups in total. The van der Waals surface area contributed by atoms with Gasteiger partial charge in [-0.15, -0.1) is 0 Å². The number of guanidine groups is 1. The third-order valence-electron chi connectivity index (χ3n) is 3.14. The molecule has 0 bridgehead atoms. The maximum atomic E-state index is 12.9. The molecule has 124 valence electrons. The summed E-state index contributed by atoms with van der Waals surface area (Å²) < 4.78 is 18.4. The Morgan fingerprint density at radius 3 is 2.70 bits per heavy atom. The smallest absolute Gasteiger partial charge is 0.226 e. The predicted molar refractivity (Wildman–Crippen MR) is 93.3 cm³/mol. The quantitative estimate of drug-likeness (QED) is 0.462. The Balaban J connectivity index is 1.81. The Hall–Kier alpha value is -2.02. The van der Waals surface area contributed by atoms with E-state index in [1.807, 2.05) is 0 Å². The van der Waals surface area contributed by atoms with Crippen LogP contribution in [0, 0.1) is 5.82 Å². The van der Waals surface area contributed by atoms with Gasteiger partial charge in [-0.1, -0.05) is 0 Å². The Morgan fingerprint density at radius 2 is 2.00 bits per heavy atom. The van der Waals surface area contributed by atoms with Crippen LogP contribution in [0.2, 0.25) is 0 Å². The zero-order valence-corrected chi connectivity index (χ0v) is 14.1. The van der Waals surface area contributed by atoms with Gasteiger partial charge >= 0.3 is 0 Å². The number of hydrogen-bond donors (Lipinski definition) is 2. The largest absolute Gasteiger partial charge is 0.444 e. The maximum Gasteiger partial charge on any atom is 0.226 e. The Morgan fingerprint density at radius 1 is 1.26 bits per heavy atom. The number of aliphatic imine (C=N–C) groups is 1. The van der Waals surface area contributed by atoms with Crippen LogP contribution in [0.25, 0.3) is 11.5 Å². The zero-order chi connectivity index (χ0) is 16.5. The second kappa shape index (κ2) is 9.19. The normalized spacial score (nSPS) is 11.5. The lowest BCUT2D eigenvalue weighted by molar-refractivity contribution is 0.571. The minimum atomic E-state index is -0.273. The molecule has 0 aliphatic heterocycles. The molecule has 5 nitrogen and oxygen atoms in total. The summed E-state index contributed by atoms with van der Waals surface area (Å²) >= 11 is 1.79. The maximum absolute atomic E-state index is 12.9. The summed E-state index contributed by atoms with van der Waals surface area (Å²) in [6.07, 6.45) is 4.42. The fourth-order valence-electron chi connectivity index (χ4n) is 1.95. The van der Waals surface area contributed by atoms with Gasteiger partial charge in [0.2, 0.25) is 5.89 Å². The van der Waals surface area contributed by atoms with Crippen LogP contribution in [0.5, 0.6) is 0 Å². The monoisotopic (exact) mass is 336 g/mol. The summed E-state index contributed by atoms with van der Waals surface area (Å²) in [6.45, 7) is 1.58. The molecule has 1 aromatic heterocycles. The van der Waals surface area contributed by atoms with Crippen molar-refractivity contribution in [2.45, 2.75) is 6.42 Å². The summed E-state index contributed by atoms with van der Waals surface area (Å²) in [5.41, 5.74) is 1.61. The van der Waals surface area contributed by atoms with Crippen LogP contribution in [-0.4, -0.2) is 43.1 Å². The first kappa shape index (κ1) is 17.3. The first-order chi connectivity index (χ1) is 11.2. The number of benzene rings is 1. The van der Waals surface area contributed by atoms with Crippen LogP contribution >= 0.6 is 11.8 Å². The highest BCUT2D eigenvalue weighted by molar-refractivity contribution is 7.98. The minimum Gasteiger partial charge on any atom is -0.444 e. The van der Waals surface area contributed by atoms with Gasteiger partial charge in [0, 0.05) is 37.9 Å². The Labute approximate surface area is 139 Å². The average Bonchev–Trinajstić information content (AvgIpc) is 3.03. The molecule has 0 saturated carbocycles. The number of nitrogens with zero attached hydrogens (tertiary/aromatic N) is 2. The minimum absolute atomic E-state index is 0.273. The molecule has 0 radical (unpaired) electrons. The van der Waals surface area contributed by atoms with Gasteiger partial charge in [0.1, 0.15) is 12.1 Å². The van der Waals surface area contributed by atoms with Crippen molar-refractivity contribution in [2.24, 2.45) is 4.99 Å². The molecule has 0 unspecified atom stereocenters. The van der Waals surface area contributed by atoms with Crippen LogP contribution in [0.1, 0.15) is 5.69 Å². The van der Waals surface area contributed by atoms with Gasteiger partial charge < -0.3 is 15.1 Å². The second-order valence-corrected chi connectivity index (χ2v) is 5.81. The van der Waals surface area contributed by atoms with Crippen LogP contribution in [0.15, 0.2) is 39.9 Å². The summed E-state index contributed by atoms with van der Waals surface area (Å²) in [7, 11) is 1.75. The SMILES string of the molecule is CN=C(NCCSC)NCCc1coc(-c2ccc(F)cc2)n1. The highest BCUT2D eigenvalue weighted by atomic mass is 32.2. The van der Waals surface area contributed by atoms with Crippen molar-refractivity contribution in [3.8, 4) is 11.5 Å². The van der Waals surface area contributed by atoms with Crippen molar-refractivity contribution in [1.82, 2.24) is 15.6 Å². The number of nitrogens with one attached hydrogen (secondary N) is 2. The van der Waals surface area contributed by atoms with Crippen LogP contribution < -0.4 is 10.6 Å². The number of thioether (sulfide) groups is 1. The molecule has 0 spiro atoms. The van der Waals surface area contributed by atoms with E-state index in [1.165, 1.54) is 12.1 Å². The fraction of sp³-hybridized carbons (Fsp3) is 0.375. The molecule has 0 aliphatic rings. The molecular formula is C16H21FN4OS. The van der Waals surface area contributed by atoms with Gasteiger partial charge in [-0.3, -0.25) is 4.99 Å². The van der Waals surface area contributed by atoms with Crippen molar-refractivity contribution >= 4 is 17.7 Å². The lowest BCUT2D eigenvalue weighted by atomic mass is 10.2. The Bertz CT molecular complexity index is 627. The van der Waals surface area contributed by atoms with Crippen molar-refractivity contribution in [1.29, 1.82) is 0 Å². The molecule has 23 heavy (non-hydrogen) atoms. The molecule has 1 heterocycles. The third-order valence-corrected chi connectivity index (χ3v) is 3.75. The number of oxazole rings is 1. The van der Waals surface area contributed by atoms with Crippen LogP contribution in [-0.2, 0) is 6.42 Å². The number of rotatable bonds is 7. The molecule has 1 aromatic carbocycles. The van der Waals surface area contributed by atoms with Gasteiger partial charge in [-0.2, -0.15) is 11.8 Å². The molecular weight excluding hydrogens is 315 g/mol. The van der Waals surface area contributed by atoms with Crippen molar-refractivity contribution < 1.29 is 8.81 Å². The van der Waals surface area contributed by atoms with E-state index in [0.717, 1.165) is 29.5 Å². The Kier molecular flexibility index (Phi) is 6.93. The highest BCUT2D eigenvalue weighted by Gasteiger charge is 2.07. The topological polar surface area (TPSA) is 62.5 Å². The van der Waals surface area contributed by atoms with Gasteiger partial charge in [0.15, 0.2) is 5.96 Å². The van der Waals surface area contributed by atoms with E-state index < -0.39 is 0 Å². The van der Waals surface area contributed by atoms with Crippen molar-refractivity contribution in [2.75, 3.05) is 32.1 Å². The average molecular weight is 336 g/mol. The first-order valence-corrected chi connectivity index (χ1v) is 8.76. The molecule has 0 amide bonds. The van der Waals surface area contributed by atoms with E-state index >= 15 is 0 Å². The molecule has 0 fully saturated rings. The van der Waals surface area contributed by atoms with Crippen LogP contribution in [0.4, 0.5) is 4.39 Å². The van der Waals surface area contributed by atoms with E-state index in [0.29, 0.717) is 18.9 Å². The van der Waals surface area contributed by atoms with Gasteiger partial charge in [0.25, 0.3) is 0 Å². The van der Waals surface area contributed by atoms with Gasteiger partial charge in [-0.05, 0) is 30.5 Å². The lowest BCUT2D eigenvalue weighted by Crippen LogP contribution is -2.39. The summed E-state index contributed by atoms with van der Waals surface area (Å²) in [4.78, 5) is 8.57. The molecule has 2 aromatic rings. The zero-order valence-electron chi connectivity index (χ0n) is 13.3. The lowest BCUT2D eigenvalue weighted by Gasteiger charge is -2.10. The second-order valence-electron chi connectivity index (χ2n) is 4.82. The molecule has 0 atom stereocenters. The standard InChI is InChI=1S/C16H21FN4OS/c1-18-16(20-9-10-23-2)19-8-7-14-11-22-15(21-14)12-3-5-13(17)6-4-12/h3-6,11H,7-10H2,1-2H3,(H2,18,19,20). The van der Waals surface area contributed by atoms with E-state index in [1.54, 1.807) is 37.2 Å². The summed E-state index contributed by atoms with van der Waals surface area (Å²) in [5, 5.41) is 6.46. The molecule has 7 heteroatoms. The first-order valence-electron chi connectivity index (χ1n) is 7.36. The summed E-state index contributed by atoms with van der Waals surface area (Å²) in [6, 6.07) is 6.09.